The fourth-order valence-corrected chi connectivity index (χ4v) is 5.06. The summed E-state index contributed by atoms with van der Waals surface area (Å²) in [5.74, 6) is 0.368. The number of ether oxygens (including phenoxy) is 1. The topological polar surface area (TPSA) is 42.4 Å². The Morgan fingerprint density at radius 2 is 1.94 bits per heavy atom. The molecule has 1 atom stereocenters. The number of rotatable bonds is 5. The molecule has 0 bridgehead atoms. The van der Waals surface area contributed by atoms with Gasteiger partial charge in [-0.1, -0.05) is 70.2 Å². The van der Waals surface area contributed by atoms with Crippen LogP contribution in [-0.2, 0) is 10.2 Å². The molecule has 5 heteroatoms. The third kappa shape index (κ3) is 4.68. The van der Waals surface area contributed by atoms with Gasteiger partial charge in [0.25, 0.3) is 5.91 Å². The summed E-state index contributed by atoms with van der Waals surface area (Å²) < 4.78 is 6.99. The third-order valence-corrected chi connectivity index (χ3v) is 6.99. The van der Waals surface area contributed by atoms with Crippen molar-refractivity contribution < 1.29 is 9.53 Å². The number of amides is 1. The van der Waals surface area contributed by atoms with Gasteiger partial charge in [-0.05, 0) is 53.5 Å². The average Bonchev–Trinajstić information content (AvgIpc) is 3.40. The normalized spacial score (nSPS) is 16.9. The lowest BCUT2D eigenvalue weighted by Crippen LogP contribution is -2.37. The molecule has 4 nitrogen and oxygen atoms in total. The number of fused-ring (bicyclic) bond motifs is 1. The van der Waals surface area contributed by atoms with Crippen LogP contribution in [0.3, 0.4) is 0 Å². The number of nitrogens with zero attached hydrogens (tertiary/aromatic N) is 2. The predicted octanol–water partition coefficient (Wildman–Crippen LogP) is 6.54. The van der Waals surface area contributed by atoms with Crippen LogP contribution in [0.5, 0.6) is 0 Å². The van der Waals surface area contributed by atoms with E-state index in [-0.39, 0.29) is 17.4 Å². The standard InChI is InChI=1S/C26H32N2O2S/c1-17(2)21-9-6-10-22-23(21)27-25(31-22)28(16-20-8-7-15-30-20)24(29)18-11-13-19(14-12-18)26(3,4)5/h6,9-14,17,20H,7-8,15-16H2,1-5H3. The van der Waals surface area contributed by atoms with Gasteiger partial charge in [-0.2, -0.15) is 0 Å². The minimum Gasteiger partial charge on any atom is -0.376 e. The SMILES string of the molecule is CC(C)c1cccc2sc(N(CC3CCCO3)C(=O)c3ccc(C(C)(C)C)cc3)nc12. The van der Waals surface area contributed by atoms with E-state index in [0.29, 0.717) is 18.0 Å². The Balaban J connectivity index is 1.71. The van der Waals surface area contributed by atoms with E-state index >= 15 is 0 Å². The molecule has 0 aliphatic carbocycles. The summed E-state index contributed by atoms with van der Waals surface area (Å²) in [6.45, 7) is 12.2. The summed E-state index contributed by atoms with van der Waals surface area (Å²) in [5, 5.41) is 0.753. The van der Waals surface area contributed by atoms with Gasteiger partial charge in [-0.25, -0.2) is 4.98 Å². The van der Waals surface area contributed by atoms with Crippen molar-refractivity contribution in [3.8, 4) is 0 Å². The van der Waals surface area contributed by atoms with Crippen LogP contribution in [0.1, 0.15) is 74.9 Å². The molecule has 1 amide bonds. The van der Waals surface area contributed by atoms with E-state index in [9.17, 15) is 4.79 Å². The molecule has 3 aromatic rings. The first-order valence-corrected chi connectivity index (χ1v) is 12.0. The zero-order chi connectivity index (χ0) is 22.2. The van der Waals surface area contributed by atoms with Gasteiger partial charge in [0.15, 0.2) is 5.13 Å². The van der Waals surface area contributed by atoms with Gasteiger partial charge >= 0.3 is 0 Å². The summed E-state index contributed by atoms with van der Waals surface area (Å²) in [5.41, 5.74) is 4.19. The summed E-state index contributed by atoms with van der Waals surface area (Å²) in [4.78, 5) is 20.4. The Hall–Kier alpha value is -2.24. The van der Waals surface area contributed by atoms with Gasteiger partial charge in [0.1, 0.15) is 0 Å². The minimum atomic E-state index is -0.0129. The molecule has 1 saturated heterocycles. The number of hydrogen-bond donors (Lipinski definition) is 0. The van der Waals surface area contributed by atoms with Crippen LogP contribution in [0.2, 0.25) is 0 Å². The van der Waals surface area contributed by atoms with Crippen molar-refractivity contribution >= 4 is 32.6 Å². The van der Waals surface area contributed by atoms with Crippen LogP contribution in [0, 0.1) is 0 Å². The first-order valence-electron chi connectivity index (χ1n) is 11.2. The van der Waals surface area contributed by atoms with Crippen molar-refractivity contribution in [3.05, 3.63) is 59.2 Å². The van der Waals surface area contributed by atoms with Crippen molar-refractivity contribution in [2.45, 2.75) is 64.9 Å². The number of anilines is 1. The maximum absolute atomic E-state index is 13.6. The van der Waals surface area contributed by atoms with Crippen molar-refractivity contribution in [1.29, 1.82) is 0 Å². The number of aromatic nitrogens is 1. The van der Waals surface area contributed by atoms with E-state index in [1.54, 1.807) is 11.3 Å². The van der Waals surface area contributed by atoms with Crippen molar-refractivity contribution in [2.24, 2.45) is 0 Å². The van der Waals surface area contributed by atoms with Crippen LogP contribution < -0.4 is 4.90 Å². The maximum Gasteiger partial charge on any atom is 0.260 e. The average molecular weight is 437 g/mol. The highest BCUT2D eigenvalue weighted by Crippen LogP contribution is 2.35. The zero-order valence-electron chi connectivity index (χ0n) is 19.1. The first kappa shape index (κ1) is 22.0. The molecule has 0 saturated carbocycles. The smallest absolute Gasteiger partial charge is 0.260 e. The first-order chi connectivity index (χ1) is 14.7. The quantitative estimate of drug-likeness (QED) is 0.456. The molecule has 1 fully saturated rings. The monoisotopic (exact) mass is 436 g/mol. The van der Waals surface area contributed by atoms with Gasteiger partial charge in [-0.3, -0.25) is 9.69 Å². The van der Waals surface area contributed by atoms with E-state index in [1.807, 2.05) is 17.0 Å². The Morgan fingerprint density at radius 1 is 1.19 bits per heavy atom. The van der Waals surface area contributed by atoms with Gasteiger partial charge in [-0.15, -0.1) is 0 Å². The zero-order valence-corrected chi connectivity index (χ0v) is 20.0. The molecular formula is C26H32N2O2S. The highest BCUT2D eigenvalue weighted by atomic mass is 32.1. The second kappa shape index (κ2) is 8.71. The molecule has 2 heterocycles. The molecular weight excluding hydrogens is 404 g/mol. The van der Waals surface area contributed by atoms with E-state index in [2.05, 4.69) is 65.0 Å². The van der Waals surface area contributed by atoms with Crippen LogP contribution >= 0.6 is 11.3 Å². The largest absolute Gasteiger partial charge is 0.376 e. The molecule has 31 heavy (non-hydrogen) atoms. The molecule has 1 aliphatic heterocycles. The second-order valence-electron chi connectivity index (χ2n) is 9.72. The molecule has 1 aliphatic rings. The van der Waals surface area contributed by atoms with Crippen LogP contribution in [0.15, 0.2) is 42.5 Å². The molecule has 1 aromatic heterocycles. The molecule has 2 aromatic carbocycles. The fourth-order valence-electron chi connectivity index (χ4n) is 4.05. The van der Waals surface area contributed by atoms with Crippen molar-refractivity contribution in [1.82, 2.24) is 4.98 Å². The summed E-state index contributed by atoms with van der Waals surface area (Å²) in [6, 6.07) is 14.3. The fraction of sp³-hybridized carbons (Fsp3) is 0.462. The van der Waals surface area contributed by atoms with E-state index in [4.69, 9.17) is 9.72 Å². The molecule has 164 valence electrons. The number of para-hydroxylation sites is 1. The molecule has 4 rings (SSSR count). The van der Waals surface area contributed by atoms with Crippen molar-refractivity contribution in [3.63, 3.8) is 0 Å². The number of thiazole rings is 1. The highest BCUT2D eigenvalue weighted by molar-refractivity contribution is 7.22. The van der Waals surface area contributed by atoms with E-state index in [0.717, 1.165) is 34.8 Å². The van der Waals surface area contributed by atoms with Gasteiger partial charge in [0, 0.05) is 12.2 Å². The molecule has 1 unspecified atom stereocenters. The van der Waals surface area contributed by atoms with Gasteiger partial charge in [0.05, 0.1) is 22.9 Å². The van der Waals surface area contributed by atoms with Crippen LogP contribution in [-0.4, -0.2) is 30.1 Å². The number of carbonyl (C=O) groups excluding carboxylic acids is 1. The van der Waals surface area contributed by atoms with Crippen molar-refractivity contribution in [2.75, 3.05) is 18.1 Å². The lowest BCUT2D eigenvalue weighted by molar-refractivity contribution is 0.0917. The van der Waals surface area contributed by atoms with E-state index < -0.39 is 0 Å². The number of benzene rings is 2. The lowest BCUT2D eigenvalue weighted by Gasteiger charge is -2.24. The Labute approximate surface area is 189 Å². The summed E-state index contributed by atoms with van der Waals surface area (Å²) in [6.07, 6.45) is 2.09. The van der Waals surface area contributed by atoms with E-state index in [1.165, 1.54) is 11.1 Å². The van der Waals surface area contributed by atoms with Crippen LogP contribution in [0.25, 0.3) is 10.2 Å². The number of carbonyl (C=O) groups is 1. The molecule has 0 N–H and O–H groups in total. The Morgan fingerprint density at radius 3 is 2.55 bits per heavy atom. The van der Waals surface area contributed by atoms with Crippen LogP contribution in [0.4, 0.5) is 5.13 Å². The van der Waals surface area contributed by atoms with Gasteiger partial charge < -0.3 is 4.74 Å². The summed E-state index contributed by atoms with van der Waals surface area (Å²) >= 11 is 1.59. The highest BCUT2D eigenvalue weighted by Gasteiger charge is 2.28. The Bertz CT molecular complexity index is 1060. The number of hydrogen-bond acceptors (Lipinski definition) is 4. The third-order valence-electron chi connectivity index (χ3n) is 5.95. The maximum atomic E-state index is 13.6. The second-order valence-corrected chi connectivity index (χ2v) is 10.7. The predicted molar refractivity (Wildman–Crippen MR) is 130 cm³/mol. The Kier molecular flexibility index (Phi) is 6.18. The van der Waals surface area contributed by atoms with Gasteiger partial charge in [0.2, 0.25) is 0 Å². The summed E-state index contributed by atoms with van der Waals surface area (Å²) in [7, 11) is 0. The molecule has 0 radical (unpaired) electrons. The molecule has 0 spiro atoms. The minimum absolute atomic E-state index is 0.0129. The lowest BCUT2D eigenvalue weighted by atomic mass is 9.86.